The molecule has 0 aliphatic carbocycles. The quantitative estimate of drug-likeness (QED) is 0.789. The van der Waals surface area contributed by atoms with Gasteiger partial charge in [-0.2, -0.15) is 4.68 Å². The fraction of sp³-hybridized carbons (Fsp3) is 0.143. The summed E-state index contributed by atoms with van der Waals surface area (Å²) in [6, 6.07) is 11.5. The van der Waals surface area contributed by atoms with Crippen LogP contribution in [0.15, 0.2) is 47.1 Å². The molecule has 1 aromatic carbocycles. The van der Waals surface area contributed by atoms with Crippen LogP contribution in [0, 0.1) is 0 Å². The highest BCUT2D eigenvalue weighted by molar-refractivity contribution is 5.67. The average molecular weight is 269 g/mol. The van der Waals surface area contributed by atoms with Crippen LogP contribution in [-0.4, -0.2) is 29.1 Å². The van der Waals surface area contributed by atoms with Gasteiger partial charge < -0.3 is 15.1 Å². The third-order valence-corrected chi connectivity index (χ3v) is 3.07. The van der Waals surface area contributed by atoms with Crippen LogP contribution in [0.4, 0.5) is 11.5 Å². The molecule has 2 aromatic heterocycles. The first-order valence-corrected chi connectivity index (χ1v) is 6.19. The van der Waals surface area contributed by atoms with Crippen LogP contribution < -0.4 is 10.6 Å². The molecule has 0 amide bonds. The number of nitrogens with zero attached hydrogens (tertiary/aromatic N) is 4. The molecule has 0 aliphatic heterocycles. The zero-order chi connectivity index (χ0) is 14.1. The number of anilines is 2. The molecular formula is C14H15N5O. The lowest BCUT2D eigenvalue weighted by Crippen LogP contribution is -2.09. The van der Waals surface area contributed by atoms with E-state index in [0.29, 0.717) is 17.3 Å². The lowest BCUT2D eigenvalue weighted by atomic mass is 10.2. The van der Waals surface area contributed by atoms with Gasteiger partial charge in [0.15, 0.2) is 17.3 Å². The van der Waals surface area contributed by atoms with Gasteiger partial charge in [-0.3, -0.25) is 0 Å². The molecule has 0 spiro atoms. The zero-order valence-electron chi connectivity index (χ0n) is 11.3. The van der Waals surface area contributed by atoms with E-state index < -0.39 is 0 Å². The fourth-order valence-corrected chi connectivity index (χ4v) is 1.96. The molecule has 2 N–H and O–H groups in total. The zero-order valence-corrected chi connectivity index (χ0v) is 11.3. The van der Waals surface area contributed by atoms with E-state index in [0.717, 1.165) is 11.4 Å². The number of benzene rings is 1. The highest BCUT2D eigenvalue weighted by Crippen LogP contribution is 2.26. The SMILES string of the molecule is CN(C)c1ccc(-n2nnc(-c3ccco3)c2N)cc1. The van der Waals surface area contributed by atoms with Crippen LogP contribution in [0.1, 0.15) is 0 Å². The highest BCUT2D eigenvalue weighted by atomic mass is 16.3. The van der Waals surface area contributed by atoms with Crippen molar-refractivity contribution in [3.8, 4) is 17.1 Å². The first-order chi connectivity index (χ1) is 9.66. The Morgan fingerprint density at radius 1 is 1.15 bits per heavy atom. The number of rotatable bonds is 3. The van der Waals surface area contributed by atoms with Crippen LogP contribution in [0.2, 0.25) is 0 Å². The molecule has 0 bridgehead atoms. The Bertz CT molecular complexity index is 698. The Balaban J connectivity index is 1.99. The molecule has 6 heteroatoms. The monoisotopic (exact) mass is 269 g/mol. The Hall–Kier alpha value is -2.76. The maximum absolute atomic E-state index is 6.09. The van der Waals surface area contributed by atoms with Gasteiger partial charge in [0.05, 0.1) is 12.0 Å². The molecule has 2 heterocycles. The lowest BCUT2D eigenvalue weighted by Gasteiger charge is -2.12. The van der Waals surface area contributed by atoms with Gasteiger partial charge in [0.2, 0.25) is 0 Å². The summed E-state index contributed by atoms with van der Waals surface area (Å²) in [5.41, 5.74) is 8.61. The van der Waals surface area contributed by atoms with Crippen LogP contribution in [0.25, 0.3) is 17.1 Å². The van der Waals surface area contributed by atoms with E-state index in [9.17, 15) is 0 Å². The molecule has 0 radical (unpaired) electrons. The molecule has 0 atom stereocenters. The first kappa shape index (κ1) is 12.3. The summed E-state index contributed by atoms with van der Waals surface area (Å²) in [5, 5.41) is 8.16. The smallest absolute Gasteiger partial charge is 0.172 e. The van der Waals surface area contributed by atoms with Crippen LogP contribution in [-0.2, 0) is 0 Å². The molecule has 6 nitrogen and oxygen atoms in total. The number of hydrogen-bond acceptors (Lipinski definition) is 5. The minimum atomic E-state index is 0.456. The van der Waals surface area contributed by atoms with Crippen molar-refractivity contribution in [1.82, 2.24) is 15.0 Å². The van der Waals surface area contributed by atoms with Crippen molar-refractivity contribution in [3.05, 3.63) is 42.7 Å². The predicted octanol–water partition coefficient (Wildman–Crippen LogP) is 2.18. The maximum atomic E-state index is 6.09. The van der Waals surface area contributed by atoms with E-state index >= 15 is 0 Å². The van der Waals surface area contributed by atoms with Crippen LogP contribution >= 0.6 is 0 Å². The van der Waals surface area contributed by atoms with Crippen LogP contribution in [0.5, 0.6) is 0 Å². The van der Waals surface area contributed by atoms with Crippen molar-refractivity contribution < 1.29 is 4.42 Å². The first-order valence-electron chi connectivity index (χ1n) is 6.19. The molecule has 0 saturated heterocycles. The number of nitrogens with two attached hydrogens (primary N) is 1. The second kappa shape index (κ2) is 4.73. The van der Waals surface area contributed by atoms with E-state index in [1.807, 2.05) is 43.3 Å². The minimum Gasteiger partial charge on any atom is -0.463 e. The second-order valence-corrected chi connectivity index (χ2v) is 4.62. The number of nitrogen functional groups attached to an aromatic ring is 1. The molecule has 0 saturated carbocycles. The Kier molecular flexibility index (Phi) is 2.90. The van der Waals surface area contributed by atoms with Gasteiger partial charge in [-0.15, -0.1) is 5.10 Å². The van der Waals surface area contributed by atoms with Crippen molar-refractivity contribution in [2.75, 3.05) is 24.7 Å². The van der Waals surface area contributed by atoms with Crippen molar-refractivity contribution in [3.63, 3.8) is 0 Å². The summed E-state index contributed by atoms with van der Waals surface area (Å²) in [6.07, 6.45) is 1.58. The number of furan rings is 1. The lowest BCUT2D eigenvalue weighted by molar-refractivity contribution is 0.580. The summed E-state index contributed by atoms with van der Waals surface area (Å²) in [5.74, 6) is 1.07. The van der Waals surface area contributed by atoms with Crippen molar-refractivity contribution in [1.29, 1.82) is 0 Å². The Morgan fingerprint density at radius 2 is 1.90 bits per heavy atom. The minimum absolute atomic E-state index is 0.456. The van der Waals surface area contributed by atoms with E-state index in [-0.39, 0.29) is 0 Å². The average Bonchev–Trinajstić information content (AvgIpc) is 3.08. The van der Waals surface area contributed by atoms with Gasteiger partial charge in [-0.25, -0.2) is 0 Å². The summed E-state index contributed by atoms with van der Waals surface area (Å²) in [7, 11) is 3.99. The topological polar surface area (TPSA) is 73.1 Å². The Labute approximate surface area is 116 Å². The van der Waals surface area contributed by atoms with Gasteiger partial charge in [0, 0.05) is 19.8 Å². The van der Waals surface area contributed by atoms with E-state index in [4.69, 9.17) is 10.2 Å². The molecule has 102 valence electrons. The molecular weight excluding hydrogens is 254 g/mol. The van der Waals surface area contributed by atoms with E-state index in [2.05, 4.69) is 10.3 Å². The summed E-state index contributed by atoms with van der Waals surface area (Å²) in [4.78, 5) is 2.03. The highest BCUT2D eigenvalue weighted by Gasteiger charge is 2.14. The van der Waals surface area contributed by atoms with Crippen molar-refractivity contribution >= 4 is 11.5 Å². The molecule has 3 aromatic rings. The van der Waals surface area contributed by atoms with Gasteiger partial charge in [0.1, 0.15) is 0 Å². The Morgan fingerprint density at radius 3 is 2.50 bits per heavy atom. The third-order valence-electron chi connectivity index (χ3n) is 3.07. The third kappa shape index (κ3) is 2.01. The summed E-state index contributed by atoms with van der Waals surface area (Å²) < 4.78 is 6.89. The number of hydrogen-bond donors (Lipinski definition) is 1. The molecule has 0 aliphatic rings. The molecule has 20 heavy (non-hydrogen) atoms. The maximum Gasteiger partial charge on any atom is 0.172 e. The number of aromatic nitrogens is 3. The molecule has 0 unspecified atom stereocenters. The summed E-state index contributed by atoms with van der Waals surface area (Å²) >= 11 is 0. The fourth-order valence-electron chi connectivity index (χ4n) is 1.96. The van der Waals surface area contributed by atoms with E-state index in [1.54, 1.807) is 23.1 Å². The predicted molar refractivity (Wildman–Crippen MR) is 77.8 cm³/mol. The van der Waals surface area contributed by atoms with Crippen molar-refractivity contribution in [2.45, 2.75) is 0 Å². The van der Waals surface area contributed by atoms with E-state index in [1.165, 1.54) is 0 Å². The normalized spacial score (nSPS) is 10.7. The molecule has 0 fully saturated rings. The van der Waals surface area contributed by atoms with Crippen LogP contribution in [0.3, 0.4) is 0 Å². The second-order valence-electron chi connectivity index (χ2n) is 4.62. The standard InChI is InChI=1S/C14H15N5O/c1-18(2)10-5-7-11(8-6-10)19-14(15)13(16-17-19)12-4-3-9-20-12/h3-9H,15H2,1-2H3. The summed E-state index contributed by atoms with van der Waals surface area (Å²) in [6.45, 7) is 0. The van der Waals surface area contributed by atoms with Gasteiger partial charge in [0.25, 0.3) is 0 Å². The van der Waals surface area contributed by atoms with Gasteiger partial charge in [-0.1, -0.05) is 5.21 Å². The molecule has 3 rings (SSSR count). The largest absolute Gasteiger partial charge is 0.463 e. The van der Waals surface area contributed by atoms with Gasteiger partial charge in [-0.05, 0) is 36.4 Å². The van der Waals surface area contributed by atoms with Gasteiger partial charge >= 0.3 is 0 Å². The van der Waals surface area contributed by atoms with Crippen molar-refractivity contribution in [2.24, 2.45) is 0 Å².